The van der Waals surface area contributed by atoms with Gasteiger partial charge in [-0.3, -0.25) is 0 Å². The predicted octanol–water partition coefficient (Wildman–Crippen LogP) is 3.57. The maximum atomic E-state index is 6.17. The van der Waals surface area contributed by atoms with E-state index in [0.29, 0.717) is 6.04 Å². The lowest BCUT2D eigenvalue weighted by molar-refractivity contribution is -0.0930. The van der Waals surface area contributed by atoms with Crippen LogP contribution < -0.4 is 5.32 Å². The van der Waals surface area contributed by atoms with Crippen LogP contribution in [-0.2, 0) is 11.2 Å². The summed E-state index contributed by atoms with van der Waals surface area (Å²) in [7, 11) is 0. The van der Waals surface area contributed by atoms with Crippen molar-refractivity contribution in [2.75, 3.05) is 24.7 Å². The van der Waals surface area contributed by atoms with Crippen molar-refractivity contribution in [3.8, 4) is 0 Å². The summed E-state index contributed by atoms with van der Waals surface area (Å²) >= 11 is 2.08. The second-order valence-corrected chi connectivity index (χ2v) is 7.69. The molecular formula is C18H27NOS. The third kappa shape index (κ3) is 4.02. The van der Waals surface area contributed by atoms with Crippen molar-refractivity contribution in [3.63, 3.8) is 0 Å². The highest BCUT2D eigenvalue weighted by Crippen LogP contribution is 2.37. The van der Waals surface area contributed by atoms with Gasteiger partial charge in [0.05, 0.1) is 5.60 Å². The summed E-state index contributed by atoms with van der Waals surface area (Å²) in [4.78, 5) is 0. The van der Waals surface area contributed by atoms with Crippen LogP contribution in [0.15, 0.2) is 24.3 Å². The molecule has 1 spiro atoms. The molecule has 2 aliphatic heterocycles. The molecule has 0 amide bonds. The summed E-state index contributed by atoms with van der Waals surface area (Å²) in [5.74, 6) is 2.55. The molecule has 0 radical (unpaired) electrons. The quantitative estimate of drug-likeness (QED) is 0.919. The Bertz CT molecular complexity index is 451. The lowest BCUT2D eigenvalue weighted by Gasteiger charge is -2.43. The highest BCUT2D eigenvalue weighted by molar-refractivity contribution is 7.99. The molecule has 21 heavy (non-hydrogen) atoms. The third-order valence-electron chi connectivity index (χ3n) is 4.99. The molecule has 0 aliphatic carbocycles. The molecule has 3 heteroatoms. The van der Waals surface area contributed by atoms with Gasteiger partial charge >= 0.3 is 0 Å². The number of nitrogens with one attached hydrogen (secondary N) is 1. The Morgan fingerprint density at radius 2 is 2.10 bits per heavy atom. The van der Waals surface area contributed by atoms with Crippen molar-refractivity contribution in [2.45, 2.75) is 50.7 Å². The Kier molecular flexibility index (Phi) is 5.25. The molecule has 1 unspecified atom stereocenters. The number of thioether (sulfide) groups is 1. The first kappa shape index (κ1) is 15.4. The Morgan fingerprint density at radius 3 is 2.90 bits per heavy atom. The number of aryl methyl sites for hydroxylation is 1. The summed E-state index contributed by atoms with van der Waals surface area (Å²) in [6, 6.07) is 9.37. The van der Waals surface area contributed by atoms with Crippen LogP contribution in [0.25, 0.3) is 0 Å². The van der Waals surface area contributed by atoms with Crippen molar-refractivity contribution >= 4 is 11.8 Å². The van der Waals surface area contributed by atoms with E-state index in [2.05, 4.69) is 48.3 Å². The Hall–Kier alpha value is -0.510. The molecule has 2 saturated heterocycles. The number of ether oxygens (including phenoxy) is 1. The monoisotopic (exact) mass is 305 g/mol. The van der Waals surface area contributed by atoms with E-state index in [-0.39, 0.29) is 5.60 Å². The van der Waals surface area contributed by atoms with E-state index in [1.54, 1.807) is 0 Å². The van der Waals surface area contributed by atoms with E-state index in [4.69, 9.17) is 4.74 Å². The molecule has 1 aromatic rings. The molecule has 1 N–H and O–H groups in total. The van der Waals surface area contributed by atoms with E-state index in [1.807, 2.05) is 0 Å². The van der Waals surface area contributed by atoms with Crippen LogP contribution in [0, 0.1) is 6.92 Å². The van der Waals surface area contributed by atoms with Gasteiger partial charge in [0.1, 0.15) is 0 Å². The molecular weight excluding hydrogens is 278 g/mol. The smallest absolute Gasteiger partial charge is 0.0713 e. The second kappa shape index (κ2) is 7.17. The summed E-state index contributed by atoms with van der Waals surface area (Å²) in [5, 5.41) is 3.78. The van der Waals surface area contributed by atoms with E-state index in [0.717, 1.165) is 19.6 Å². The van der Waals surface area contributed by atoms with Crippen molar-refractivity contribution in [1.82, 2.24) is 5.32 Å². The number of hydrogen-bond acceptors (Lipinski definition) is 3. The number of benzene rings is 1. The molecule has 0 saturated carbocycles. The average Bonchev–Trinajstić information content (AvgIpc) is 2.50. The van der Waals surface area contributed by atoms with Crippen LogP contribution in [0.4, 0.5) is 0 Å². The van der Waals surface area contributed by atoms with Gasteiger partial charge < -0.3 is 10.1 Å². The molecule has 2 fully saturated rings. The summed E-state index contributed by atoms with van der Waals surface area (Å²) in [6.07, 6.45) is 6.00. The van der Waals surface area contributed by atoms with Crippen LogP contribution in [-0.4, -0.2) is 36.3 Å². The third-order valence-corrected chi connectivity index (χ3v) is 5.97. The fourth-order valence-electron chi connectivity index (χ4n) is 3.60. The minimum atomic E-state index is 0.198. The maximum Gasteiger partial charge on any atom is 0.0713 e. The maximum absolute atomic E-state index is 6.17. The van der Waals surface area contributed by atoms with E-state index in [9.17, 15) is 0 Å². The van der Waals surface area contributed by atoms with Gasteiger partial charge in [0.15, 0.2) is 0 Å². The van der Waals surface area contributed by atoms with Gasteiger partial charge in [0.2, 0.25) is 0 Å². The van der Waals surface area contributed by atoms with E-state index < -0.39 is 0 Å². The molecule has 3 rings (SSSR count). The molecule has 0 aromatic heterocycles. The zero-order valence-electron chi connectivity index (χ0n) is 13.1. The molecule has 2 aliphatic rings. The van der Waals surface area contributed by atoms with Crippen LogP contribution in [0.5, 0.6) is 0 Å². The van der Waals surface area contributed by atoms with Gasteiger partial charge in [-0.2, -0.15) is 11.8 Å². The van der Waals surface area contributed by atoms with Crippen molar-refractivity contribution in [1.29, 1.82) is 0 Å². The fourth-order valence-corrected chi connectivity index (χ4v) is 4.83. The molecule has 2 nitrogen and oxygen atoms in total. The number of rotatable bonds is 4. The molecule has 1 atom stereocenters. The van der Waals surface area contributed by atoms with Crippen LogP contribution in [0.2, 0.25) is 0 Å². The SMILES string of the molecule is Cc1ccccc1CCNC1CCOC2(CCSCC2)C1. The van der Waals surface area contributed by atoms with Crippen molar-refractivity contribution < 1.29 is 4.74 Å². The largest absolute Gasteiger partial charge is 0.375 e. The first-order chi connectivity index (χ1) is 10.3. The Morgan fingerprint density at radius 1 is 1.29 bits per heavy atom. The zero-order chi connectivity index (χ0) is 14.5. The number of hydrogen-bond donors (Lipinski definition) is 1. The summed E-state index contributed by atoms with van der Waals surface area (Å²) < 4.78 is 6.17. The van der Waals surface area contributed by atoms with Gasteiger partial charge in [-0.1, -0.05) is 24.3 Å². The van der Waals surface area contributed by atoms with E-state index >= 15 is 0 Å². The van der Waals surface area contributed by atoms with Crippen LogP contribution >= 0.6 is 11.8 Å². The highest BCUT2D eigenvalue weighted by Gasteiger charge is 2.38. The molecule has 0 bridgehead atoms. The molecule has 116 valence electrons. The Labute approximate surface area is 133 Å². The van der Waals surface area contributed by atoms with Crippen LogP contribution in [0.3, 0.4) is 0 Å². The van der Waals surface area contributed by atoms with Gasteiger partial charge in [-0.05, 0) is 68.2 Å². The lowest BCUT2D eigenvalue weighted by atomic mass is 9.85. The molecule has 2 heterocycles. The van der Waals surface area contributed by atoms with Gasteiger partial charge in [-0.15, -0.1) is 0 Å². The summed E-state index contributed by atoms with van der Waals surface area (Å²) in [6.45, 7) is 4.23. The standard InChI is InChI=1S/C18H27NOS/c1-15-4-2-3-5-16(15)6-10-19-17-7-11-20-18(14-17)8-12-21-13-9-18/h2-5,17,19H,6-14H2,1H3. The van der Waals surface area contributed by atoms with Gasteiger partial charge in [0, 0.05) is 12.6 Å². The summed E-state index contributed by atoms with van der Waals surface area (Å²) in [5.41, 5.74) is 3.08. The topological polar surface area (TPSA) is 21.3 Å². The normalized spacial score (nSPS) is 25.1. The average molecular weight is 305 g/mol. The first-order valence-corrected chi connectivity index (χ1v) is 9.43. The highest BCUT2D eigenvalue weighted by atomic mass is 32.2. The van der Waals surface area contributed by atoms with Crippen LogP contribution in [0.1, 0.15) is 36.8 Å². The minimum Gasteiger partial charge on any atom is -0.375 e. The van der Waals surface area contributed by atoms with Crippen molar-refractivity contribution in [3.05, 3.63) is 35.4 Å². The van der Waals surface area contributed by atoms with Crippen molar-refractivity contribution in [2.24, 2.45) is 0 Å². The zero-order valence-corrected chi connectivity index (χ0v) is 13.9. The van der Waals surface area contributed by atoms with Gasteiger partial charge in [-0.25, -0.2) is 0 Å². The molecule has 1 aromatic carbocycles. The Balaban J connectivity index is 1.48. The first-order valence-electron chi connectivity index (χ1n) is 8.27. The van der Waals surface area contributed by atoms with Gasteiger partial charge in [0.25, 0.3) is 0 Å². The minimum absolute atomic E-state index is 0.198. The fraction of sp³-hybridized carbons (Fsp3) is 0.667. The van der Waals surface area contributed by atoms with E-state index in [1.165, 1.54) is 48.3 Å². The second-order valence-electron chi connectivity index (χ2n) is 6.46. The predicted molar refractivity (Wildman–Crippen MR) is 91.1 cm³/mol. The lowest BCUT2D eigenvalue weighted by Crippen LogP contribution is -2.49.